The molecule has 6 heteroatoms. The molecule has 0 aliphatic heterocycles. The van der Waals surface area contributed by atoms with Crippen molar-refractivity contribution in [2.75, 3.05) is 5.32 Å². The molecule has 3 rings (SSSR count). The summed E-state index contributed by atoms with van der Waals surface area (Å²) in [5.74, 6) is -0.0710. The maximum atomic E-state index is 11.9. The first-order valence-corrected chi connectivity index (χ1v) is 8.02. The Morgan fingerprint density at radius 1 is 0.808 bits per heavy atom. The molecule has 0 spiro atoms. The van der Waals surface area contributed by atoms with Crippen molar-refractivity contribution in [3.8, 4) is 11.5 Å². The van der Waals surface area contributed by atoms with Crippen LogP contribution in [0.5, 0.6) is 11.5 Å². The maximum absolute atomic E-state index is 11.9. The van der Waals surface area contributed by atoms with Crippen molar-refractivity contribution in [2.24, 2.45) is 0 Å². The summed E-state index contributed by atoms with van der Waals surface area (Å²) in [6.07, 6.45) is 3.25. The molecule has 1 aromatic heterocycles. The summed E-state index contributed by atoms with van der Waals surface area (Å²) >= 11 is 0. The monoisotopic (exact) mass is 347 g/mol. The summed E-state index contributed by atoms with van der Waals surface area (Å²) in [7, 11) is 0. The predicted octanol–water partition coefficient (Wildman–Crippen LogP) is 3.13. The first kappa shape index (κ1) is 17.2. The second-order valence-corrected chi connectivity index (χ2v) is 5.43. The van der Waals surface area contributed by atoms with Gasteiger partial charge in [-0.2, -0.15) is 0 Å². The van der Waals surface area contributed by atoms with Crippen molar-refractivity contribution in [3.63, 3.8) is 0 Å². The minimum Gasteiger partial charge on any atom is -0.457 e. The molecule has 0 radical (unpaired) electrons. The van der Waals surface area contributed by atoms with Crippen LogP contribution in [0, 0.1) is 0 Å². The van der Waals surface area contributed by atoms with E-state index >= 15 is 0 Å². The standard InChI is InChI=1S/C20H17N3O3/c24-19(22-14-15-10-12-21-13-11-15)20(25)23-16-6-8-18(9-7-16)26-17-4-2-1-3-5-17/h1-13H,14H2,(H,22,24)(H,23,25). The van der Waals surface area contributed by atoms with Crippen LogP contribution in [-0.2, 0) is 16.1 Å². The molecule has 2 N–H and O–H groups in total. The SMILES string of the molecule is O=C(NCc1ccncc1)C(=O)Nc1ccc(Oc2ccccc2)cc1. The van der Waals surface area contributed by atoms with Gasteiger partial charge in [0.05, 0.1) is 0 Å². The summed E-state index contributed by atoms with van der Waals surface area (Å²) < 4.78 is 5.68. The van der Waals surface area contributed by atoms with Crippen LogP contribution in [0.2, 0.25) is 0 Å². The second kappa shape index (κ2) is 8.43. The molecule has 130 valence electrons. The van der Waals surface area contributed by atoms with Crippen molar-refractivity contribution in [1.82, 2.24) is 10.3 Å². The minimum atomic E-state index is -0.726. The Balaban J connectivity index is 1.51. The molecule has 0 bridgehead atoms. The molecule has 6 nitrogen and oxygen atoms in total. The molecule has 26 heavy (non-hydrogen) atoms. The first-order chi connectivity index (χ1) is 12.7. The molecule has 0 saturated heterocycles. The number of para-hydroxylation sites is 1. The van der Waals surface area contributed by atoms with E-state index in [0.717, 1.165) is 11.3 Å². The third kappa shape index (κ3) is 4.91. The number of anilines is 1. The number of nitrogens with zero attached hydrogens (tertiary/aromatic N) is 1. The van der Waals surface area contributed by atoms with Crippen molar-refractivity contribution in [2.45, 2.75) is 6.54 Å². The Labute approximate surface area is 150 Å². The third-order valence-corrected chi connectivity index (χ3v) is 3.50. The summed E-state index contributed by atoms with van der Waals surface area (Å²) in [6.45, 7) is 0.263. The fraction of sp³-hybridized carbons (Fsp3) is 0.0500. The van der Waals surface area contributed by atoms with Gasteiger partial charge in [0.15, 0.2) is 0 Å². The number of hydrogen-bond donors (Lipinski definition) is 2. The quantitative estimate of drug-likeness (QED) is 0.695. The Morgan fingerprint density at radius 3 is 2.15 bits per heavy atom. The molecule has 0 fully saturated rings. The number of carbonyl (C=O) groups excluding carboxylic acids is 2. The zero-order valence-electron chi connectivity index (χ0n) is 13.9. The number of hydrogen-bond acceptors (Lipinski definition) is 4. The predicted molar refractivity (Wildman–Crippen MR) is 97.7 cm³/mol. The number of rotatable bonds is 5. The summed E-state index contributed by atoms with van der Waals surface area (Å²) in [5, 5.41) is 5.11. The van der Waals surface area contributed by atoms with E-state index in [2.05, 4.69) is 15.6 Å². The van der Waals surface area contributed by atoms with Crippen molar-refractivity contribution in [1.29, 1.82) is 0 Å². The van der Waals surface area contributed by atoms with Gasteiger partial charge in [-0.3, -0.25) is 14.6 Å². The number of ether oxygens (including phenoxy) is 1. The number of pyridine rings is 1. The molecule has 0 atom stereocenters. The molecule has 2 amide bonds. The van der Waals surface area contributed by atoms with Gasteiger partial charge in [-0.1, -0.05) is 18.2 Å². The van der Waals surface area contributed by atoms with E-state index in [1.165, 1.54) is 0 Å². The average Bonchev–Trinajstić information content (AvgIpc) is 2.69. The molecule has 0 aliphatic carbocycles. The lowest BCUT2D eigenvalue weighted by Gasteiger charge is -2.08. The van der Waals surface area contributed by atoms with E-state index in [1.54, 1.807) is 48.8 Å². The van der Waals surface area contributed by atoms with Gasteiger partial charge >= 0.3 is 11.8 Å². The van der Waals surface area contributed by atoms with Gasteiger partial charge in [-0.05, 0) is 54.1 Å². The molecule has 0 aliphatic rings. The van der Waals surface area contributed by atoms with Gasteiger partial charge in [0, 0.05) is 24.6 Å². The van der Waals surface area contributed by atoms with E-state index in [0.29, 0.717) is 11.4 Å². The molecule has 0 saturated carbocycles. The molecule has 0 unspecified atom stereocenters. The summed E-state index contributed by atoms with van der Waals surface area (Å²) in [5.41, 5.74) is 1.37. The Morgan fingerprint density at radius 2 is 1.46 bits per heavy atom. The highest BCUT2D eigenvalue weighted by atomic mass is 16.5. The molecule has 3 aromatic rings. The number of benzene rings is 2. The first-order valence-electron chi connectivity index (χ1n) is 8.02. The Hall–Kier alpha value is -3.67. The number of carbonyl (C=O) groups is 2. The van der Waals surface area contributed by atoms with E-state index in [1.807, 2.05) is 30.3 Å². The van der Waals surface area contributed by atoms with Gasteiger partial charge in [0.1, 0.15) is 11.5 Å². The van der Waals surface area contributed by atoms with Gasteiger partial charge in [0.2, 0.25) is 0 Å². The van der Waals surface area contributed by atoms with E-state index in [-0.39, 0.29) is 6.54 Å². The smallest absolute Gasteiger partial charge is 0.313 e. The number of amides is 2. The van der Waals surface area contributed by atoms with E-state index in [9.17, 15) is 9.59 Å². The average molecular weight is 347 g/mol. The van der Waals surface area contributed by atoms with Crippen LogP contribution in [0.3, 0.4) is 0 Å². The minimum absolute atomic E-state index is 0.263. The highest BCUT2D eigenvalue weighted by Crippen LogP contribution is 2.22. The van der Waals surface area contributed by atoms with Gasteiger partial charge in [0.25, 0.3) is 0 Å². The maximum Gasteiger partial charge on any atom is 0.313 e. The normalized spacial score (nSPS) is 10.0. The summed E-state index contributed by atoms with van der Waals surface area (Å²) in [6, 6.07) is 19.7. The van der Waals surface area contributed by atoms with Gasteiger partial charge < -0.3 is 15.4 Å². The molecule has 1 heterocycles. The fourth-order valence-corrected chi connectivity index (χ4v) is 2.18. The zero-order valence-corrected chi connectivity index (χ0v) is 13.9. The van der Waals surface area contributed by atoms with Crippen LogP contribution >= 0.6 is 0 Å². The Kier molecular flexibility index (Phi) is 5.57. The van der Waals surface area contributed by atoms with Crippen molar-refractivity contribution < 1.29 is 14.3 Å². The van der Waals surface area contributed by atoms with Crippen LogP contribution in [-0.4, -0.2) is 16.8 Å². The van der Waals surface area contributed by atoms with Crippen LogP contribution < -0.4 is 15.4 Å². The third-order valence-electron chi connectivity index (χ3n) is 3.50. The highest BCUT2D eigenvalue weighted by molar-refractivity contribution is 6.39. The van der Waals surface area contributed by atoms with Crippen LogP contribution in [0.25, 0.3) is 0 Å². The number of aromatic nitrogens is 1. The van der Waals surface area contributed by atoms with Crippen molar-refractivity contribution in [3.05, 3.63) is 84.7 Å². The van der Waals surface area contributed by atoms with Crippen LogP contribution in [0.15, 0.2) is 79.1 Å². The lowest BCUT2D eigenvalue weighted by molar-refractivity contribution is -0.136. The van der Waals surface area contributed by atoms with Gasteiger partial charge in [-0.15, -0.1) is 0 Å². The molecule has 2 aromatic carbocycles. The van der Waals surface area contributed by atoms with Gasteiger partial charge in [-0.25, -0.2) is 0 Å². The second-order valence-electron chi connectivity index (χ2n) is 5.43. The zero-order chi connectivity index (χ0) is 18.2. The molecular formula is C20H17N3O3. The van der Waals surface area contributed by atoms with Crippen LogP contribution in [0.4, 0.5) is 5.69 Å². The largest absolute Gasteiger partial charge is 0.457 e. The Bertz CT molecular complexity index is 866. The number of nitrogens with one attached hydrogen (secondary N) is 2. The highest BCUT2D eigenvalue weighted by Gasteiger charge is 2.13. The van der Waals surface area contributed by atoms with E-state index < -0.39 is 11.8 Å². The molecular weight excluding hydrogens is 330 g/mol. The van der Waals surface area contributed by atoms with Crippen molar-refractivity contribution >= 4 is 17.5 Å². The fourth-order valence-electron chi connectivity index (χ4n) is 2.18. The van der Waals surface area contributed by atoms with E-state index in [4.69, 9.17) is 4.74 Å². The lowest BCUT2D eigenvalue weighted by Crippen LogP contribution is -2.34. The lowest BCUT2D eigenvalue weighted by atomic mass is 10.2. The van der Waals surface area contributed by atoms with Crippen LogP contribution in [0.1, 0.15) is 5.56 Å². The summed E-state index contributed by atoms with van der Waals surface area (Å²) in [4.78, 5) is 27.7. The topological polar surface area (TPSA) is 80.3 Å².